The van der Waals surface area contributed by atoms with E-state index in [1.54, 1.807) is 12.1 Å². The number of ether oxygens (including phenoxy) is 1. The minimum atomic E-state index is -1.04. The number of halogens is 2. The molecule has 0 aliphatic carbocycles. The first-order valence-electron chi connectivity index (χ1n) is 5.16. The Balaban J connectivity index is 2.90. The smallest absolute Gasteiger partial charge is 0.145 e. The van der Waals surface area contributed by atoms with Gasteiger partial charge in [0.2, 0.25) is 0 Å². The second-order valence-electron chi connectivity index (χ2n) is 3.90. The fourth-order valence-electron chi connectivity index (χ4n) is 1.59. The van der Waals surface area contributed by atoms with Gasteiger partial charge in [0.05, 0.1) is 17.2 Å². The van der Waals surface area contributed by atoms with Crippen LogP contribution in [0.4, 0.5) is 4.39 Å². The van der Waals surface area contributed by atoms with E-state index in [9.17, 15) is 9.50 Å². The molecule has 0 saturated heterocycles. The Morgan fingerprint density at radius 1 is 1.50 bits per heavy atom. The predicted molar refractivity (Wildman–Crippen MR) is 62.2 cm³/mol. The van der Waals surface area contributed by atoms with Gasteiger partial charge in [0.1, 0.15) is 5.82 Å². The predicted octanol–water partition coefficient (Wildman–Crippen LogP) is 2.81. The average molecular weight is 247 g/mol. The van der Waals surface area contributed by atoms with E-state index in [4.69, 9.17) is 16.3 Å². The molecule has 0 spiro atoms. The normalized spacial score (nSPS) is 14.8. The highest BCUT2D eigenvalue weighted by molar-refractivity contribution is 6.30. The highest BCUT2D eigenvalue weighted by Gasteiger charge is 2.26. The Labute approximate surface area is 100.0 Å². The van der Waals surface area contributed by atoms with E-state index in [1.165, 1.54) is 13.2 Å². The Morgan fingerprint density at radius 2 is 2.19 bits per heavy atom. The third-order valence-electron chi connectivity index (χ3n) is 2.62. The number of hydrogen-bond donors (Lipinski definition) is 1. The van der Waals surface area contributed by atoms with Crippen molar-refractivity contribution in [2.75, 3.05) is 13.7 Å². The summed E-state index contributed by atoms with van der Waals surface area (Å²) in [6.45, 7) is 2.01. The van der Waals surface area contributed by atoms with Crippen LogP contribution in [0.25, 0.3) is 0 Å². The second kappa shape index (κ2) is 5.62. The van der Waals surface area contributed by atoms with Crippen LogP contribution in [-0.2, 0) is 11.2 Å². The summed E-state index contributed by atoms with van der Waals surface area (Å²) in [5.41, 5.74) is -0.630. The Hall–Kier alpha value is -0.640. The maximum atomic E-state index is 13.6. The summed E-state index contributed by atoms with van der Waals surface area (Å²) in [6, 6.07) is 4.78. The lowest BCUT2D eigenvalue weighted by Crippen LogP contribution is -2.36. The summed E-state index contributed by atoms with van der Waals surface area (Å²) in [5.74, 6) is -0.466. The van der Waals surface area contributed by atoms with Crippen LogP contribution in [0, 0.1) is 5.82 Å². The van der Waals surface area contributed by atoms with E-state index >= 15 is 0 Å². The lowest BCUT2D eigenvalue weighted by molar-refractivity contribution is -0.0338. The first-order valence-corrected chi connectivity index (χ1v) is 5.54. The number of methoxy groups -OCH3 is 1. The second-order valence-corrected chi connectivity index (χ2v) is 4.31. The van der Waals surface area contributed by atoms with Crippen molar-refractivity contribution in [2.45, 2.75) is 25.4 Å². The van der Waals surface area contributed by atoms with E-state index in [1.807, 2.05) is 6.92 Å². The van der Waals surface area contributed by atoms with Crippen molar-refractivity contribution in [1.82, 2.24) is 0 Å². The van der Waals surface area contributed by atoms with Gasteiger partial charge in [-0.1, -0.05) is 30.7 Å². The number of hydrogen-bond acceptors (Lipinski definition) is 2. The summed E-state index contributed by atoms with van der Waals surface area (Å²) in [6.07, 6.45) is 0.691. The third-order valence-corrected chi connectivity index (χ3v) is 2.91. The molecule has 0 fully saturated rings. The van der Waals surface area contributed by atoms with Gasteiger partial charge in [-0.15, -0.1) is 0 Å². The van der Waals surface area contributed by atoms with Gasteiger partial charge in [-0.3, -0.25) is 0 Å². The summed E-state index contributed by atoms with van der Waals surface area (Å²) < 4.78 is 18.6. The van der Waals surface area contributed by atoms with Crippen molar-refractivity contribution in [3.63, 3.8) is 0 Å². The fraction of sp³-hybridized carbons (Fsp3) is 0.500. The fourth-order valence-corrected chi connectivity index (χ4v) is 1.78. The SMILES string of the molecule is CCC(O)(COC)Cc1cccc(Cl)c1F. The molecule has 1 unspecified atom stereocenters. The van der Waals surface area contributed by atoms with Crippen LogP contribution in [-0.4, -0.2) is 24.4 Å². The van der Waals surface area contributed by atoms with Gasteiger partial charge < -0.3 is 9.84 Å². The highest BCUT2D eigenvalue weighted by Crippen LogP contribution is 2.24. The summed E-state index contributed by atoms with van der Waals surface area (Å²) in [7, 11) is 1.51. The lowest BCUT2D eigenvalue weighted by Gasteiger charge is -2.26. The van der Waals surface area contributed by atoms with E-state index in [2.05, 4.69) is 0 Å². The maximum Gasteiger partial charge on any atom is 0.145 e. The van der Waals surface area contributed by atoms with Crippen LogP contribution in [0.15, 0.2) is 18.2 Å². The molecule has 0 heterocycles. The third kappa shape index (κ3) is 3.17. The molecule has 16 heavy (non-hydrogen) atoms. The van der Waals surface area contributed by atoms with Gasteiger partial charge in [-0.2, -0.15) is 0 Å². The molecule has 0 aliphatic heterocycles. The van der Waals surface area contributed by atoms with Crippen LogP contribution < -0.4 is 0 Å². The molecule has 0 bridgehead atoms. The van der Waals surface area contributed by atoms with Crippen molar-refractivity contribution in [3.05, 3.63) is 34.6 Å². The molecule has 0 radical (unpaired) electrons. The first-order chi connectivity index (χ1) is 7.52. The zero-order valence-electron chi connectivity index (χ0n) is 9.46. The highest BCUT2D eigenvalue weighted by atomic mass is 35.5. The van der Waals surface area contributed by atoms with Gasteiger partial charge in [-0.05, 0) is 18.1 Å². The Bertz CT molecular complexity index is 357. The molecular formula is C12H16ClFO2. The summed E-state index contributed by atoms with van der Waals surface area (Å²) in [4.78, 5) is 0. The van der Waals surface area contributed by atoms with Crippen molar-refractivity contribution in [3.8, 4) is 0 Å². The van der Waals surface area contributed by atoms with Crippen LogP contribution in [0.1, 0.15) is 18.9 Å². The van der Waals surface area contributed by atoms with E-state index in [-0.39, 0.29) is 18.1 Å². The van der Waals surface area contributed by atoms with Crippen LogP contribution >= 0.6 is 11.6 Å². The van der Waals surface area contributed by atoms with E-state index < -0.39 is 11.4 Å². The quantitative estimate of drug-likeness (QED) is 0.866. The monoisotopic (exact) mass is 246 g/mol. The van der Waals surface area contributed by atoms with Crippen LogP contribution in [0.2, 0.25) is 5.02 Å². The summed E-state index contributed by atoms with van der Waals surface area (Å²) >= 11 is 5.68. The van der Waals surface area contributed by atoms with Gasteiger partial charge in [0.15, 0.2) is 0 Å². The first kappa shape index (κ1) is 13.4. The minimum absolute atomic E-state index is 0.0772. The van der Waals surface area contributed by atoms with Gasteiger partial charge in [0, 0.05) is 13.5 Å². The Morgan fingerprint density at radius 3 is 2.75 bits per heavy atom. The van der Waals surface area contributed by atoms with E-state index in [0.717, 1.165) is 0 Å². The molecule has 1 rings (SSSR count). The number of rotatable bonds is 5. The molecule has 0 aliphatic rings. The molecule has 1 aromatic carbocycles. The van der Waals surface area contributed by atoms with Crippen LogP contribution in [0.3, 0.4) is 0 Å². The number of aliphatic hydroxyl groups is 1. The molecule has 0 aromatic heterocycles. The number of benzene rings is 1. The van der Waals surface area contributed by atoms with Gasteiger partial charge in [0.25, 0.3) is 0 Å². The average Bonchev–Trinajstić information content (AvgIpc) is 2.25. The van der Waals surface area contributed by atoms with Gasteiger partial charge >= 0.3 is 0 Å². The standard InChI is InChI=1S/C12H16ClFO2/c1-3-12(15,8-16-2)7-9-5-4-6-10(13)11(9)14/h4-6,15H,3,7-8H2,1-2H3. The maximum absolute atomic E-state index is 13.6. The molecule has 90 valence electrons. The molecule has 1 aromatic rings. The summed E-state index contributed by atoms with van der Waals surface area (Å²) in [5, 5.41) is 10.2. The molecule has 1 atom stereocenters. The topological polar surface area (TPSA) is 29.5 Å². The van der Waals surface area contributed by atoms with Crippen molar-refractivity contribution in [1.29, 1.82) is 0 Å². The lowest BCUT2D eigenvalue weighted by atomic mass is 9.92. The van der Waals surface area contributed by atoms with Crippen molar-refractivity contribution in [2.24, 2.45) is 0 Å². The van der Waals surface area contributed by atoms with Crippen molar-refractivity contribution < 1.29 is 14.2 Å². The minimum Gasteiger partial charge on any atom is -0.387 e. The molecule has 4 heteroatoms. The largest absolute Gasteiger partial charge is 0.387 e. The molecule has 0 saturated carbocycles. The molecule has 2 nitrogen and oxygen atoms in total. The zero-order valence-corrected chi connectivity index (χ0v) is 10.2. The van der Waals surface area contributed by atoms with Crippen molar-refractivity contribution >= 4 is 11.6 Å². The van der Waals surface area contributed by atoms with E-state index in [0.29, 0.717) is 12.0 Å². The molecule has 1 N–H and O–H groups in total. The Kier molecular flexibility index (Phi) is 4.71. The van der Waals surface area contributed by atoms with Crippen LogP contribution in [0.5, 0.6) is 0 Å². The molecule has 0 amide bonds. The zero-order chi connectivity index (χ0) is 12.2. The van der Waals surface area contributed by atoms with Gasteiger partial charge in [-0.25, -0.2) is 4.39 Å². The molecular weight excluding hydrogens is 231 g/mol.